The minimum absolute atomic E-state index is 0.249. The molecule has 0 amide bonds. The van der Waals surface area contributed by atoms with Crippen LogP contribution < -0.4 is 5.69 Å². The van der Waals surface area contributed by atoms with Crippen molar-refractivity contribution in [2.75, 3.05) is 39.8 Å². The van der Waals surface area contributed by atoms with Crippen molar-refractivity contribution in [3.63, 3.8) is 0 Å². The van der Waals surface area contributed by atoms with Crippen molar-refractivity contribution >= 4 is 0 Å². The molecule has 1 aliphatic heterocycles. The SMILES string of the molecule is CN1CCN(CCCCn2ccc(-c3ccc(F)cc3)nc2=O)CC1. The van der Waals surface area contributed by atoms with E-state index < -0.39 is 0 Å². The number of unbranched alkanes of at least 4 members (excludes halogenated alkanes) is 1. The molecule has 1 aromatic carbocycles. The van der Waals surface area contributed by atoms with E-state index in [4.69, 9.17) is 0 Å². The van der Waals surface area contributed by atoms with Gasteiger partial charge in [0.05, 0.1) is 5.69 Å². The summed E-state index contributed by atoms with van der Waals surface area (Å²) in [5, 5.41) is 0. The third-order valence-corrected chi connectivity index (χ3v) is 4.73. The summed E-state index contributed by atoms with van der Waals surface area (Å²) in [5.41, 5.74) is 1.08. The molecule has 1 aromatic heterocycles. The third kappa shape index (κ3) is 4.96. The van der Waals surface area contributed by atoms with Crippen molar-refractivity contribution < 1.29 is 4.39 Å². The quantitative estimate of drug-likeness (QED) is 0.753. The van der Waals surface area contributed by atoms with Crippen LogP contribution in [0.25, 0.3) is 11.3 Å². The van der Waals surface area contributed by atoms with Gasteiger partial charge in [-0.3, -0.25) is 4.57 Å². The molecule has 6 heteroatoms. The zero-order chi connectivity index (χ0) is 17.6. The van der Waals surface area contributed by atoms with Crippen LogP contribution in [-0.4, -0.2) is 59.1 Å². The average Bonchev–Trinajstić information content (AvgIpc) is 2.62. The number of aryl methyl sites for hydroxylation is 1. The number of nitrogens with zero attached hydrogens (tertiary/aromatic N) is 4. The number of halogens is 1. The molecular formula is C19H25FN4O. The van der Waals surface area contributed by atoms with Crippen LogP contribution in [0, 0.1) is 5.82 Å². The summed E-state index contributed by atoms with van der Waals surface area (Å²) < 4.78 is 14.6. The molecule has 1 aliphatic rings. The smallest absolute Gasteiger partial charge is 0.304 e. The molecule has 2 heterocycles. The van der Waals surface area contributed by atoms with E-state index in [2.05, 4.69) is 21.8 Å². The van der Waals surface area contributed by atoms with Crippen LogP contribution in [0.1, 0.15) is 12.8 Å². The van der Waals surface area contributed by atoms with Crippen LogP contribution in [0.5, 0.6) is 0 Å². The number of likely N-dealkylation sites (N-methyl/N-ethyl adjacent to an activating group) is 1. The highest BCUT2D eigenvalue weighted by atomic mass is 19.1. The van der Waals surface area contributed by atoms with E-state index in [0.717, 1.165) is 51.1 Å². The van der Waals surface area contributed by atoms with Gasteiger partial charge >= 0.3 is 5.69 Å². The minimum atomic E-state index is -0.294. The van der Waals surface area contributed by atoms with Crippen LogP contribution in [0.3, 0.4) is 0 Å². The molecule has 25 heavy (non-hydrogen) atoms. The van der Waals surface area contributed by atoms with Crippen molar-refractivity contribution in [3.05, 3.63) is 52.8 Å². The molecule has 2 aromatic rings. The lowest BCUT2D eigenvalue weighted by atomic mass is 10.1. The first-order chi connectivity index (χ1) is 12.1. The van der Waals surface area contributed by atoms with Gasteiger partial charge in [-0.25, -0.2) is 9.18 Å². The molecule has 0 aliphatic carbocycles. The third-order valence-electron chi connectivity index (χ3n) is 4.73. The van der Waals surface area contributed by atoms with E-state index in [1.54, 1.807) is 22.9 Å². The van der Waals surface area contributed by atoms with Crippen molar-refractivity contribution in [2.45, 2.75) is 19.4 Å². The zero-order valence-corrected chi connectivity index (χ0v) is 14.7. The first kappa shape index (κ1) is 17.8. The number of piperazine rings is 1. The van der Waals surface area contributed by atoms with Crippen molar-refractivity contribution in [3.8, 4) is 11.3 Å². The molecule has 0 spiro atoms. The molecule has 0 N–H and O–H groups in total. The fraction of sp³-hybridized carbons (Fsp3) is 0.474. The first-order valence-electron chi connectivity index (χ1n) is 8.86. The number of rotatable bonds is 6. The summed E-state index contributed by atoms with van der Waals surface area (Å²) in [5.74, 6) is -0.294. The summed E-state index contributed by atoms with van der Waals surface area (Å²) in [6, 6.07) is 7.84. The Labute approximate surface area is 147 Å². The van der Waals surface area contributed by atoms with Gasteiger partial charge in [0, 0.05) is 44.5 Å². The highest BCUT2D eigenvalue weighted by Gasteiger charge is 2.12. The zero-order valence-electron chi connectivity index (χ0n) is 14.7. The molecule has 5 nitrogen and oxygen atoms in total. The summed E-state index contributed by atoms with van der Waals surface area (Å²) in [6.07, 6.45) is 3.82. The van der Waals surface area contributed by atoms with Gasteiger partial charge in [0.25, 0.3) is 0 Å². The monoisotopic (exact) mass is 344 g/mol. The highest BCUT2D eigenvalue weighted by molar-refractivity contribution is 5.57. The summed E-state index contributed by atoms with van der Waals surface area (Å²) in [7, 11) is 2.16. The largest absolute Gasteiger partial charge is 0.348 e. The highest BCUT2D eigenvalue weighted by Crippen LogP contribution is 2.15. The Kier molecular flexibility index (Phi) is 5.94. The molecule has 0 radical (unpaired) electrons. The van der Waals surface area contributed by atoms with E-state index >= 15 is 0 Å². The molecular weight excluding hydrogens is 319 g/mol. The number of benzene rings is 1. The summed E-state index contributed by atoms with van der Waals surface area (Å²) >= 11 is 0. The molecule has 0 saturated carbocycles. The van der Waals surface area contributed by atoms with Gasteiger partial charge in [-0.15, -0.1) is 0 Å². The lowest BCUT2D eigenvalue weighted by Gasteiger charge is -2.32. The Morgan fingerprint density at radius 1 is 1.00 bits per heavy atom. The Bertz CT molecular complexity index is 736. The predicted octanol–water partition coefficient (Wildman–Crippen LogP) is 2.08. The fourth-order valence-electron chi connectivity index (χ4n) is 3.07. The van der Waals surface area contributed by atoms with Crippen LogP contribution in [0.2, 0.25) is 0 Å². The van der Waals surface area contributed by atoms with Gasteiger partial charge in [-0.2, -0.15) is 4.98 Å². The van der Waals surface area contributed by atoms with Crippen molar-refractivity contribution in [1.82, 2.24) is 19.4 Å². The lowest BCUT2D eigenvalue weighted by molar-refractivity contribution is 0.151. The van der Waals surface area contributed by atoms with Gasteiger partial charge in [-0.1, -0.05) is 0 Å². The lowest BCUT2D eigenvalue weighted by Crippen LogP contribution is -2.44. The van der Waals surface area contributed by atoms with Gasteiger partial charge in [-0.05, 0) is 56.8 Å². The van der Waals surface area contributed by atoms with Crippen molar-refractivity contribution in [2.24, 2.45) is 0 Å². The maximum absolute atomic E-state index is 13.0. The fourth-order valence-corrected chi connectivity index (χ4v) is 3.07. The van der Waals surface area contributed by atoms with Gasteiger partial charge in [0.1, 0.15) is 5.82 Å². The van der Waals surface area contributed by atoms with E-state index in [1.165, 1.54) is 12.1 Å². The number of hydrogen-bond donors (Lipinski definition) is 0. The normalized spacial score (nSPS) is 16.2. The van der Waals surface area contributed by atoms with Crippen molar-refractivity contribution in [1.29, 1.82) is 0 Å². The van der Waals surface area contributed by atoms with Crippen LogP contribution in [0.4, 0.5) is 4.39 Å². The topological polar surface area (TPSA) is 41.4 Å². The molecule has 0 bridgehead atoms. The Morgan fingerprint density at radius 2 is 1.68 bits per heavy atom. The second-order valence-electron chi connectivity index (χ2n) is 6.65. The van der Waals surface area contributed by atoms with E-state index in [-0.39, 0.29) is 11.5 Å². The van der Waals surface area contributed by atoms with Gasteiger partial charge in [0.15, 0.2) is 0 Å². The molecule has 1 saturated heterocycles. The van der Waals surface area contributed by atoms with Gasteiger partial charge in [0.2, 0.25) is 0 Å². The molecule has 0 unspecified atom stereocenters. The Hall–Kier alpha value is -2.05. The van der Waals surface area contributed by atoms with E-state index in [0.29, 0.717) is 12.2 Å². The number of hydrogen-bond acceptors (Lipinski definition) is 4. The first-order valence-corrected chi connectivity index (χ1v) is 8.86. The predicted molar refractivity (Wildman–Crippen MR) is 97.1 cm³/mol. The average molecular weight is 344 g/mol. The molecule has 3 rings (SSSR count). The maximum atomic E-state index is 13.0. The Morgan fingerprint density at radius 3 is 2.36 bits per heavy atom. The van der Waals surface area contributed by atoms with Crippen LogP contribution in [-0.2, 0) is 6.54 Å². The van der Waals surface area contributed by atoms with Gasteiger partial charge < -0.3 is 9.80 Å². The summed E-state index contributed by atoms with van der Waals surface area (Å²) in [6.45, 7) is 6.30. The second kappa shape index (κ2) is 8.36. The molecule has 1 fully saturated rings. The van der Waals surface area contributed by atoms with Crippen LogP contribution in [0.15, 0.2) is 41.3 Å². The van der Waals surface area contributed by atoms with E-state index in [9.17, 15) is 9.18 Å². The standard InChI is InChI=1S/C19H25FN4O/c1-22-12-14-23(15-13-22)9-2-3-10-24-11-8-18(21-19(24)25)16-4-6-17(20)7-5-16/h4-8,11H,2-3,9-10,12-15H2,1H3. The minimum Gasteiger partial charge on any atom is -0.304 e. The Balaban J connectivity index is 1.50. The van der Waals surface area contributed by atoms with Crippen LogP contribution >= 0.6 is 0 Å². The second-order valence-corrected chi connectivity index (χ2v) is 6.65. The molecule has 0 atom stereocenters. The van der Waals surface area contributed by atoms with E-state index in [1.807, 2.05) is 6.07 Å². The maximum Gasteiger partial charge on any atom is 0.348 e. The molecule has 134 valence electrons. The number of aromatic nitrogens is 2. The summed E-state index contributed by atoms with van der Waals surface area (Å²) in [4.78, 5) is 21.1.